The lowest BCUT2D eigenvalue weighted by molar-refractivity contribution is -0.273. The van der Waals surface area contributed by atoms with E-state index in [0.29, 0.717) is 32.7 Å². The minimum Gasteiger partial charge on any atom is -0.463 e. The molecule has 0 spiro atoms. The van der Waals surface area contributed by atoms with E-state index in [9.17, 15) is 14.4 Å². The standard InChI is InChI=1S/C22H38O8/c1-6-26-12-9-11-19(25)10-7-8-13-27-22-16(3)15(2)21(29-18(5)24)20(30-22)14-28-17(4)23/h15-16,20-22H,6-14H2,1-5H3. The molecule has 1 fully saturated rings. The molecule has 0 amide bonds. The maximum Gasteiger partial charge on any atom is 0.303 e. The summed E-state index contributed by atoms with van der Waals surface area (Å²) in [6.45, 7) is 10.3. The number of carbonyl (C=O) groups is 3. The van der Waals surface area contributed by atoms with Gasteiger partial charge >= 0.3 is 11.9 Å². The third kappa shape index (κ3) is 10.00. The second-order valence-electron chi connectivity index (χ2n) is 7.80. The molecule has 1 saturated heterocycles. The van der Waals surface area contributed by atoms with Gasteiger partial charge in [-0.3, -0.25) is 14.4 Å². The fourth-order valence-corrected chi connectivity index (χ4v) is 3.42. The van der Waals surface area contributed by atoms with Gasteiger partial charge in [0.15, 0.2) is 6.29 Å². The molecule has 0 bridgehead atoms. The van der Waals surface area contributed by atoms with Crippen LogP contribution in [0, 0.1) is 11.8 Å². The molecule has 0 aromatic heterocycles. The van der Waals surface area contributed by atoms with E-state index in [0.717, 1.165) is 19.3 Å². The smallest absolute Gasteiger partial charge is 0.303 e. The molecule has 30 heavy (non-hydrogen) atoms. The van der Waals surface area contributed by atoms with Crippen molar-refractivity contribution in [2.24, 2.45) is 11.8 Å². The summed E-state index contributed by atoms with van der Waals surface area (Å²) in [5, 5.41) is 0. The van der Waals surface area contributed by atoms with Gasteiger partial charge in [0, 0.05) is 58.3 Å². The maximum absolute atomic E-state index is 11.9. The molecule has 8 heteroatoms. The second kappa shape index (κ2) is 14.5. The van der Waals surface area contributed by atoms with Gasteiger partial charge in [0.2, 0.25) is 0 Å². The van der Waals surface area contributed by atoms with Gasteiger partial charge in [0.05, 0.1) is 0 Å². The van der Waals surface area contributed by atoms with Gasteiger partial charge in [-0.2, -0.15) is 0 Å². The zero-order valence-corrected chi connectivity index (χ0v) is 19.0. The first-order chi connectivity index (χ1) is 14.3. The fourth-order valence-electron chi connectivity index (χ4n) is 3.42. The molecule has 8 nitrogen and oxygen atoms in total. The second-order valence-corrected chi connectivity index (χ2v) is 7.80. The third-order valence-electron chi connectivity index (χ3n) is 5.29. The molecule has 1 aliphatic rings. The van der Waals surface area contributed by atoms with Crippen LogP contribution < -0.4 is 0 Å². The van der Waals surface area contributed by atoms with Crippen LogP contribution >= 0.6 is 0 Å². The molecule has 1 heterocycles. The zero-order chi connectivity index (χ0) is 22.5. The Morgan fingerprint density at radius 3 is 2.23 bits per heavy atom. The van der Waals surface area contributed by atoms with Crippen molar-refractivity contribution >= 4 is 17.7 Å². The van der Waals surface area contributed by atoms with E-state index in [1.165, 1.54) is 13.8 Å². The van der Waals surface area contributed by atoms with Crippen molar-refractivity contribution in [1.82, 2.24) is 0 Å². The Labute approximate surface area is 179 Å². The van der Waals surface area contributed by atoms with Crippen molar-refractivity contribution in [3.63, 3.8) is 0 Å². The molecular weight excluding hydrogens is 392 g/mol. The predicted molar refractivity (Wildman–Crippen MR) is 110 cm³/mol. The van der Waals surface area contributed by atoms with Gasteiger partial charge in [-0.05, 0) is 26.2 Å². The number of hydrogen-bond acceptors (Lipinski definition) is 8. The van der Waals surface area contributed by atoms with E-state index in [1.807, 2.05) is 20.8 Å². The summed E-state index contributed by atoms with van der Waals surface area (Å²) in [7, 11) is 0. The highest BCUT2D eigenvalue weighted by atomic mass is 16.7. The molecule has 1 rings (SSSR count). The van der Waals surface area contributed by atoms with Crippen molar-refractivity contribution in [2.45, 2.75) is 85.2 Å². The van der Waals surface area contributed by atoms with Crippen molar-refractivity contribution in [1.29, 1.82) is 0 Å². The molecule has 0 aromatic rings. The first-order valence-corrected chi connectivity index (χ1v) is 10.9. The average Bonchev–Trinajstić information content (AvgIpc) is 2.68. The van der Waals surface area contributed by atoms with Crippen LogP contribution in [0.4, 0.5) is 0 Å². The van der Waals surface area contributed by atoms with Gasteiger partial charge in [-0.15, -0.1) is 0 Å². The quantitative estimate of drug-likeness (QED) is 0.306. The van der Waals surface area contributed by atoms with Crippen molar-refractivity contribution in [3.05, 3.63) is 0 Å². The minimum absolute atomic E-state index is 0.000444. The number of rotatable bonds is 14. The van der Waals surface area contributed by atoms with Crippen LogP contribution in [-0.4, -0.2) is 62.6 Å². The Hall–Kier alpha value is -1.51. The molecule has 5 atom stereocenters. The molecule has 0 aromatic carbocycles. The lowest BCUT2D eigenvalue weighted by Gasteiger charge is -2.43. The molecular formula is C22H38O8. The van der Waals surface area contributed by atoms with Crippen LogP contribution in [0.3, 0.4) is 0 Å². The number of ether oxygens (including phenoxy) is 5. The molecule has 5 unspecified atom stereocenters. The van der Waals surface area contributed by atoms with Crippen LogP contribution in [-0.2, 0) is 38.1 Å². The predicted octanol–water partition coefficient (Wildman–Crippen LogP) is 3.05. The summed E-state index contributed by atoms with van der Waals surface area (Å²) < 4.78 is 27.6. The van der Waals surface area contributed by atoms with Crippen LogP contribution in [0.5, 0.6) is 0 Å². The number of Topliss-reactive ketones (excluding diaryl/α,β-unsaturated/α-hetero) is 1. The Morgan fingerprint density at radius 1 is 0.900 bits per heavy atom. The molecule has 0 N–H and O–H groups in total. The summed E-state index contributed by atoms with van der Waals surface area (Å²) in [6.07, 6.45) is 1.78. The van der Waals surface area contributed by atoms with Gasteiger partial charge in [0.25, 0.3) is 0 Å². The van der Waals surface area contributed by atoms with Crippen LogP contribution in [0.15, 0.2) is 0 Å². The number of esters is 2. The molecule has 0 radical (unpaired) electrons. The van der Waals surface area contributed by atoms with Crippen molar-refractivity contribution in [2.75, 3.05) is 26.4 Å². The normalized spacial score (nSPS) is 26.2. The highest BCUT2D eigenvalue weighted by Crippen LogP contribution is 2.33. The lowest BCUT2D eigenvalue weighted by atomic mass is 9.84. The summed E-state index contributed by atoms with van der Waals surface area (Å²) in [5.41, 5.74) is 0. The number of ketones is 1. The van der Waals surface area contributed by atoms with Gasteiger partial charge in [-0.1, -0.05) is 13.8 Å². The summed E-state index contributed by atoms with van der Waals surface area (Å²) in [6, 6.07) is 0. The van der Waals surface area contributed by atoms with Crippen LogP contribution in [0.1, 0.15) is 66.7 Å². The number of carbonyl (C=O) groups excluding carboxylic acids is 3. The monoisotopic (exact) mass is 430 g/mol. The molecule has 0 aliphatic carbocycles. The number of hydrogen-bond donors (Lipinski definition) is 0. The largest absolute Gasteiger partial charge is 0.463 e. The molecule has 1 aliphatic heterocycles. The highest BCUT2D eigenvalue weighted by molar-refractivity contribution is 5.78. The van der Waals surface area contributed by atoms with Crippen LogP contribution in [0.2, 0.25) is 0 Å². The Morgan fingerprint density at radius 2 is 1.60 bits per heavy atom. The topological polar surface area (TPSA) is 97.4 Å². The maximum atomic E-state index is 11.9. The highest BCUT2D eigenvalue weighted by Gasteiger charge is 2.44. The first kappa shape index (κ1) is 26.5. The van der Waals surface area contributed by atoms with Gasteiger partial charge in [0.1, 0.15) is 24.6 Å². The van der Waals surface area contributed by atoms with Crippen molar-refractivity contribution < 1.29 is 38.1 Å². The average molecular weight is 431 g/mol. The SMILES string of the molecule is CCOCCCC(=O)CCCCOC1OC(COC(C)=O)C(OC(C)=O)C(C)C1C. The van der Waals surface area contributed by atoms with Crippen molar-refractivity contribution in [3.8, 4) is 0 Å². The summed E-state index contributed by atoms with van der Waals surface area (Å²) >= 11 is 0. The van der Waals surface area contributed by atoms with Gasteiger partial charge < -0.3 is 23.7 Å². The van der Waals surface area contributed by atoms with E-state index < -0.39 is 30.4 Å². The van der Waals surface area contributed by atoms with E-state index >= 15 is 0 Å². The Kier molecular flexibility index (Phi) is 12.8. The Balaban J connectivity index is 2.42. The number of unbranched alkanes of at least 4 members (excludes halogenated alkanes) is 1. The molecule has 0 saturated carbocycles. The molecule has 174 valence electrons. The minimum atomic E-state index is -0.582. The van der Waals surface area contributed by atoms with Gasteiger partial charge in [-0.25, -0.2) is 0 Å². The first-order valence-electron chi connectivity index (χ1n) is 10.9. The Bertz CT molecular complexity index is 535. The third-order valence-corrected chi connectivity index (χ3v) is 5.29. The van der Waals surface area contributed by atoms with E-state index in [4.69, 9.17) is 23.7 Å². The van der Waals surface area contributed by atoms with E-state index in [2.05, 4.69) is 0 Å². The lowest BCUT2D eigenvalue weighted by Crippen LogP contribution is -2.53. The zero-order valence-electron chi connectivity index (χ0n) is 19.0. The van der Waals surface area contributed by atoms with E-state index in [-0.39, 0.29) is 24.2 Å². The van der Waals surface area contributed by atoms with Crippen LogP contribution in [0.25, 0.3) is 0 Å². The summed E-state index contributed by atoms with van der Waals surface area (Å²) in [4.78, 5) is 34.5. The van der Waals surface area contributed by atoms with E-state index in [1.54, 1.807) is 0 Å². The summed E-state index contributed by atoms with van der Waals surface area (Å²) in [5.74, 6) is -0.616. The fraction of sp³-hybridized carbons (Fsp3) is 0.864.